The molecule has 1 aliphatic heterocycles. The van der Waals surface area contributed by atoms with Gasteiger partial charge in [-0.15, -0.1) is 0 Å². The van der Waals surface area contributed by atoms with Crippen LogP contribution in [0.4, 0.5) is 0 Å². The summed E-state index contributed by atoms with van der Waals surface area (Å²) >= 11 is 5.99. The molecule has 0 unspecified atom stereocenters. The van der Waals surface area contributed by atoms with Crippen molar-refractivity contribution in [3.8, 4) is 11.5 Å². The van der Waals surface area contributed by atoms with E-state index in [0.29, 0.717) is 40.6 Å². The Balaban J connectivity index is 1.55. The molecule has 1 aromatic heterocycles. The van der Waals surface area contributed by atoms with E-state index < -0.39 is 0 Å². The first-order valence-corrected chi connectivity index (χ1v) is 9.91. The lowest BCUT2D eigenvalue weighted by Gasteiger charge is -2.20. The molecular formula is C23H19ClN2O5. The van der Waals surface area contributed by atoms with E-state index in [-0.39, 0.29) is 18.6 Å². The SMILES string of the molecule is COc1cc(C=O)ccc1OCC(=O)N1N=C(c2ccc(Cl)cc2)C[C@H]1c1ccco1. The van der Waals surface area contributed by atoms with E-state index in [1.54, 1.807) is 42.7 Å². The average Bonchev–Trinajstić information content (AvgIpc) is 3.48. The van der Waals surface area contributed by atoms with Crippen molar-refractivity contribution >= 4 is 29.5 Å². The van der Waals surface area contributed by atoms with Crippen molar-refractivity contribution in [2.45, 2.75) is 12.5 Å². The molecule has 0 N–H and O–H groups in total. The molecule has 3 aromatic rings. The van der Waals surface area contributed by atoms with Crippen molar-refractivity contribution in [3.63, 3.8) is 0 Å². The molecule has 0 spiro atoms. The number of rotatable bonds is 7. The van der Waals surface area contributed by atoms with Crippen LogP contribution in [0.3, 0.4) is 0 Å². The molecule has 1 atom stereocenters. The number of halogens is 1. The molecule has 7 nitrogen and oxygen atoms in total. The fourth-order valence-corrected chi connectivity index (χ4v) is 3.47. The first kappa shape index (κ1) is 20.7. The van der Waals surface area contributed by atoms with Gasteiger partial charge in [-0.1, -0.05) is 23.7 Å². The number of amides is 1. The molecule has 0 radical (unpaired) electrons. The van der Waals surface area contributed by atoms with Gasteiger partial charge in [-0.25, -0.2) is 5.01 Å². The second-order valence-electron chi connectivity index (χ2n) is 6.84. The number of nitrogens with zero attached hydrogens (tertiary/aromatic N) is 2. The molecule has 31 heavy (non-hydrogen) atoms. The standard InChI is InChI=1S/C23H19ClN2O5/c1-29-22-11-15(13-27)4-9-21(22)31-14-23(28)26-19(20-3-2-10-30-20)12-18(25-26)16-5-7-17(24)8-6-16/h2-11,13,19H,12,14H2,1H3/t19-/m0/s1. The molecular weight excluding hydrogens is 420 g/mol. The molecule has 0 bridgehead atoms. The van der Waals surface area contributed by atoms with Crippen LogP contribution in [-0.4, -0.2) is 36.6 Å². The van der Waals surface area contributed by atoms with E-state index in [4.69, 9.17) is 25.5 Å². The van der Waals surface area contributed by atoms with Crippen molar-refractivity contribution in [1.29, 1.82) is 0 Å². The second kappa shape index (κ2) is 9.06. The Kier molecular flexibility index (Phi) is 6.04. The maximum Gasteiger partial charge on any atom is 0.281 e. The number of ether oxygens (including phenoxy) is 2. The highest BCUT2D eigenvalue weighted by atomic mass is 35.5. The Morgan fingerprint density at radius 2 is 2.03 bits per heavy atom. The number of carbonyl (C=O) groups is 2. The minimum Gasteiger partial charge on any atom is -0.493 e. The zero-order valence-corrected chi connectivity index (χ0v) is 17.4. The highest BCUT2D eigenvalue weighted by molar-refractivity contribution is 6.30. The first-order valence-electron chi connectivity index (χ1n) is 9.54. The number of hydrogen-bond acceptors (Lipinski definition) is 6. The summed E-state index contributed by atoms with van der Waals surface area (Å²) in [6.07, 6.45) is 2.77. The van der Waals surface area contributed by atoms with Gasteiger partial charge in [0, 0.05) is 17.0 Å². The molecule has 2 aromatic carbocycles. The van der Waals surface area contributed by atoms with E-state index in [2.05, 4.69) is 5.10 Å². The Hall–Kier alpha value is -3.58. The first-order chi connectivity index (χ1) is 15.1. The van der Waals surface area contributed by atoms with Crippen molar-refractivity contribution in [3.05, 3.63) is 82.8 Å². The van der Waals surface area contributed by atoms with E-state index >= 15 is 0 Å². The molecule has 4 rings (SSSR count). The maximum atomic E-state index is 13.0. The minimum atomic E-state index is -0.379. The van der Waals surface area contributed by atoms with Crippen LogP contribution in [0, 0.1) is 0 Å². The van der Waals surface area contributed by atoms with Crippen molar-refractivity contribution in [2.75, 3.05) is 13.7 Å². The minimum absolute atomic E-state index is 0.259. The van der Waals surface area contributed by atoms with Gasteiger partial charge in [0.25, 0.3) is 5.91 Å². The Labute approximate surface area is 183 Å². The van der Waals surface area contributed by atoms with Crippen LogP contribution in [-0.2, 0) is 4.79 Å². The smallest absolute Gasteiger partial charge is 0.281 e. The van der Waals surface area contributed by atoms with E-state index in [9.17, 15) is 9.59 Å². The topological polar surface area (TPSA) is 81.3 Å². The number of hydrogen-bond donors (Lipinski definition) is 0. The normalized spacial score (nSPS) is 15.5. The van der Waals surface area contributed by atoms with Crippen LogP contribution in [0.15, 0.2) is 70.4 Å². The third-order valence-corrected chi connectivity index (χ3v) is 5.14. The lowest BCUT2D eigenvalue weighted by Crippen LogP contribution is -2.31. The summed E-state index contributed by atoms with van der Waals surface area (Å²) < 4.78 is 16.5. The van der Waals surface area contributed by atoms with Crippen molar-refractivity contribution < 1.29 is 23.5 Å². The highest BCUT2D eigenvalue weighted by Gasteiger charge is 2.35. The fraction of sp³-hybridized carbons (Fsp3) is 0.174. The number of methoxy groups -OCH3 is 1. The van der Waals surface area contributed by atoms with Crippen LogP contribution in [0.1, 0.15) is 34.1 Å². The van der Waals surface area contributed by atoms with E-state index in [1.807, 2.05) is 18.2 Å². The van der Waals surface area contributed by atoms with Gasteiger partial charge in [-0.05, 0) is 48.0 Å². The summed E-state index contributed by atoms with van der Waals surface area (Å²) in [5.41, 5.74) is 2.08. The van der Waals surface area contributed by atoms with Gasteiger partial charge < -0.3 is 13.9 Å². The lowest BCUT2D eigenvalue weighted by atomic mass is 10.0. The average molecular weight is 439 g/mol. The summed E-state index contributed by atoms with van der Waals surface area (Å²) in [6.45, 7) is -0.259. The fourth-order valence-electron chi connectivity index (χ4n) is 3.34. The van der Waals surface area contributed by atoms with Gasteiger partial charge in [0.15, 0.2) is 18.1 Å². The van der Waals surface area contributed by atoms with Gasteiger partial charge in [-0.2, -0.15) is 5.10 Å². The molecule has 1 aliphatic rings. The number of aldehydes is 1. The maximum absolute atomic E-state index is 13.0. The van der Waals surface area contributed by atoms with Crippen LogP contribution < -0.4 is 9.47 Å². The van der Waals surface area contributed by atoms with Gasteiger partial charge >= 0.3 is 0 Å². The van der Waals surface area contributed by atoms with E-state index in [0.717, 1.165) is 11.3 Å². The highest BCUT2D eigenvalue weighted by Crippen LogP contribution is 2.34. The number of benzene rings is 2. The van der Waals surface area contributed by atoms with Crippen molar-refractivity contribution in [2.24, 2.45) is 5.10 Å². The molecule has 0 saturated carbocycles. The number of carbonyl (C=O) groups excluding carboxylic acids is 2. The van der Waals surface area contributed by atoms with Gasteiger partial charge in [0.2, 0.25) is 0 Å². The zero-order valence-electron chi connectivity index (χ0n) is 16.7. The summed E-state index contributed by atoms with van der Waals surface area (Å²) in [6, 6.07) is 15.2. The van der Waals surface area contributed by atoms with Crippen LogP contribution >= 0.6 is 11.6 Å². The summed E-state index contributed by atoms with van der Waals surface area (Å²) in [5, 5.41) is 6.56. The van der Waals surface area contributed by atoms with Gasteiger partial charge in [0.05, 0.1) is 19.1 Å². The van der Waals surface area contributed by atoms with Crippen LogP contribution in [0.2, 0.25) is 5.02 Å². The number of furan rings is 1. The monoisotopic (exact) mass is 438 g/mol. The molecule has 0 saturated heterocycles. The molecule has 0 aliphatic carbocycles. The van der Waals surface area contributed by atoms with Gasteiger partial charge in [0.1, 0.15) is 18.1 Å². The Morgan fingerprint density at radius 3 is 2.71 bits per heavy atom. The third-order valence-electron chi connectivity index (χ3n) is 4.89. The molecule has 1 amide bonds. The Morgan fingerprint density at radius 1 is 1.23 bits per heavy atom. The largest absolute Gasteiger partial charge is 0.493 e. The van der Waals surface area contributed by atoms with Crippen LogP contribution in [0.5, 0.6) is 11.5 Å². The molecule has 8 heteroatoms. The van der Waals surface area contributed by atoms with E-state index in [1.165, 1.54) is 12.1 Å². The van der Waals surface area contributed by atoms with Crippen LogP contribution in [0.25, 0.3) is 0 Å². The summed E-state index contributed by atoms with van der Waals surface area (Å²) in [7, 11) is 1.47. The third kappa shape index (κ3) is 4.46. The van der Waals surface area contributed by atoms with Gasteiger partial charge in [-0.3, -0.25) is 9.59 Å². The zero-order chi connectivity index (χ0) is 21.8. The Bertz CT molecular complexity index is 1110. The lowest BCUT2D eigenvalue weighted by molar-refractivity contribution is -0.135. The molecule has 158 valence electrons. The number of hydrazone groups is 1. The molecule has 0 fully saturated rings. The summed E-state index contributed by atoms with van der Waals surface area (Å²) in [4.78, 5) is 24.0. The predicted octanol–water partition coefficient (Wildman–Crippen LogP) is 4.51. The predicted molar refractivity (Wildman–Crippen MR) is 115 cm³/mol. The summed E-state index contributed by atoms with van der Waals surface area (Å²) in [5.74, 6) is 1.02. The second-order valence-corrected chi connectivity index (χ2v) is 7.28. The quantitative estimate of drug-likeness (QED) is 0.507. The molecule has 2 heterocycles. The van der Waals surface area contributed by atoms with Crippen molar-refractivity contribution in [1.82, 2.24) is 5.01 Å².